The first-order valence-corrected chi connectivity index (χ1v) is 10.9. The Bertz CT molecular complexity index is 1040. The number of thioether (sulfide) groups is 1. The Morgan fingerprint density at radius 2 is 1.84 bits per heavy atom. The van der Waals surface area contributed by atoms with Crippen LogP contribution in [0, 0.1) is 5.92 Å². The SMILES string of the molecule is COc1ccc(-c2nnc(SCC(=O)Nc3ccccc3OC(F)F)n2CC(C)C)cc1. The molecule has 1 heterocycles. The van der Waals surface area contributed by atoms with Crippen molar-refractivity contribution in [1.29, 1.82) is 0 Å². The predicted molar refractivity (Wildman–Crippen MR) is 119 cm³/mol. The molecule has 0 radical (unpaired) electrons. The summed E-state index contributed by atoms with van der Waals surface area (Å²) in [5.74, 6) is 1.33. The van der Waals surface area contributed by atoms with Gasteiger partial charge >= 0.3 is 6.61 Å². The Kier molecular flexibility index (Phi) is 8.04. The van der Waals surface area contributed by atoms with Crippen molar-refractivity contribution >= 4 is 23.4 Å². The summed E-state index contributed by atoms with van der Waals surface area (Å²) in [6.45, 7) is 1.86. The third-order valence-corrected chi connectivity index (χ3v) is 5.29. The lowest BCUT2D eigenvalue weighted by atomic mass is 10.2. The van der Waals surface area contributed by atoms with Crippen molar-refractivity contribution < 1.29 is 23.0 Å². The minimum atomic E-state index is -2.98. The maximum absolute atomic E-state index is 12.6. The van der Waals surface area contributed by atoms with Crippen LogP contribution in [0.25, 0.3) is 11.4 Å². The Morgan fingerprint density at radius 3 is 2.50 bits per heavy atom. The number of benzene rings is 2. The van der Waals surface area contributed by atoms with Crippen molar-refractivity contribution in [2.24, 2.45) is 5.92 Å². The van der Waals surface area contributed by atoms with Gasteiger partial charge in [0.15, 0.2) is 11.0 Å². The fraction of sp³-hybridized carbons (Fsp3) is 0.318. The largest absolute Gasteiger partial charge is 0.497 e. The number of rotatable bonds is 10. The van der Waals surface area contributed by atoms with Gasteiger partial charge in [0.05, 0.1) is 18.6 Å². The first-order chi connectivity index (χ1) is 15.4. The Balaban J connectivity index is 1.73. The summed E-state index contributed by atoms with van der Waals surface area (Å²) in [5, 5.41) is 11.8. The van der Waals surface area contributed by atoms with E-state index in [0.717, 1.165) is 11.3 Å². The zero-order chi connectivity index (χ0) is 23.1. The number of hydrogen-bond acceptors (Lipinski definition) is 6. The van der Waals surface area contributed by atoms with Crippen molar-refractivity contribution in [3.05, 3.63) is 48.5 Å². The lowest BCUT2D eigenvalue weighted by molar-refractivity contribution is -0.113. The molecule has 0 spiro atoms. The van der Waals surface area contributed by atoms with Crippen molar-refractivity contribution in [2.45, 2.75) is 32.2 Å². The summed E-state index contributed by atoms with van der Waals surface area (Å²) in [5.41, 5.74) is 1.06. The number of hydrogen-bond donors (Lipinski definition) is 1. The normalized spacial score (nSPS) is 11.1. The molecule has 0 aliphatic carbocycles. The molecule has 1 amide bonds. The van der Waals surface area contributed by atoms with Crippen LogP contribution in [0.3, 0.4) is 0 Å². The number of halogens is 2. The van der Waals surface area contributed by atoms with E-state index in [-0.39, 0.29) is 23.1 Å². The first kappa shape index (κ1) is 23.5. The van der Waals surface area contributed by atoms with Crippen LogP contribution in [0.5, 0.6) is 11.5 Å². The van der Waals surface area contributed by atoms with Gasteiger partial charge in [-0.2, -0.15) is 8.78 Å². The van der Waals surface area contributed by atoms with E-state index < -0.39 is 6.61 Å². The molecule has 1 aromatic heterocycles. The highest BCUT2D eigenvalue weighted by Crippen LogP contribution is 2.28. The molecule has 0 unspecified atom stereocenters. The van der Waals surface area contributed by atoms with E-state index in [4.69, 9.17) is 4.74 Å². The number of nitrogens with zero attached hydrogens (tertiary/aromatic N) is 3. The number of alkyl halides is 2. The summed E-state index contributed by atoms with van der Waals surface area (Å²) in [6.07, 6.45) is 0. The van der Waals surface area contributed by atoms with Crippen molar-refractivity contribution in [3.63, 3.8) is 0 Å². The molecule has 0 atom stereocenters. The van der Waals surface area contributed by atoms with Crippen LogP contribution in [0.4, 0.5) is 14.5 Å². The molecule has 32 heavy (non-hydrogen) atoms. The fourth-order valence-electron chi connectivity index (χ4n) is 2.96. The molecule has 0 bridgehead atoms. The van der Waals surface area contributed by atoms with E-state index in [1.807, 2.05) is 28.8 Å². The number of aromatic nitrogens is 3. The average Bonchev–Trinajstić information content (AvgIpc) is 3.15. The van der Waals surface area contributed by atoms with E-state index >= 15 is 0 Å². The minimum Gasteiger partial charge on any atom is -0.497 e. The monoisotopic (exact) mass is 462 g/mol. The molecule has 0 saturated carbocycles. The summed E-state index contributed by atoms with van der Waals surface area (Å²) in [6, 6.07) is 13.6. The molecule has 0 saturated heterocycles. The minimum absolute atomic E-state index is 0.0296. The Labute approximate surface area is 189 Å². The van der Waals surface area contributed by atoms with E-state index in [1.165, 1.54) is 23.9 Å². The van der Waals surface area contributed by atoms with Crippen LogP contribution in [0.1, 0.15) is 13.8 Å². The molecular formula is C22H24F2N4O3S. The standard InChI is InChI=1S/C22H24F2N4O3S/c1-14(2)12-28-20(15-8-10-16(30-3)11-9-15)26-27-22(28)32-13-19(29)25-17-6-4-5-7-18(17)31-21(23)24/h4-11,14,21H,12-13H2,1-3H3,(H,25,29). The van der Waals surface area contributed by atoms with Crippen LogP contribution in [0.2, 0.25) is 0 Å². The van der Waals surface area contributed by atoms with Gasteiger partial charge in [0, 0.05) is 12.1 Å². The summed E-state index contributed by atoms with van der Waals surface area (Å²) < 4.78 is 36.8. The molecule has 3 rings (SSSR count). The zero-order valence-corrected chi connectivity index (χ0v) is 18.7. The summed E-state index contributed by atoms with van der Waals surface area (Å²) in [4.78, 5) is 12.5. The zero-order valence-electron chi connectivity index (χ0n) is 17.9. The van der Waals surface area contributed by atoms with E-state index in [0.29, 0.717) is 23.4 Å². The maximum Gasteiger partial charge on any atom is 0.387 e. The highest BCUT2D eigenvalue weighted by atomic mass is 32.2. The molecule has 1 N–H and O–H groups in total. The maximum atomic E-state index is 12.6. The number of carbonyl (C=O) groups excluding carboxylic acids is 1. The van der Waals surface area contributed by atoms with E-state index in [2.05, 4.69) is 34.1 Å². The third-order valence-electron chi connectivity index (χ3n) is 4.32. The van der Waals surface area contributed by atoms with Crippen LogP contribution in [-0.2, 0) is 11.3 Å². The number of ether oxygens (including phenoxy) is 2. The van der Waals surface area contributed by atoms with Crippen molar-refractivity contribution in [1.82, 2.24) is 14.8 Å². The average molecular weight is 463 g/mol. The second kappa shape index (κ2) is 10.9. The topological polar surface area (TPSA) is 78.3 Å². The smallest absolute Gasteiger partial charge is 0.387 e. The van der Waals surface area contributed by atoms with Gasteiger partial charge in [0.1, 0.15) is 11.5 Å². The molecule has 0 aliphatic rings. The highest BCUT2D eigenvalue weighted by Gasteiger charge is 2.18. The highest BCUT2D eigenvalue weighted by molar-refractivity contribution is 7.99. The van der Waals surface area contributed by atoms with Crippen LogP contribution >= 0.6 is 11.8 Å². The van der Waals surface area contributed by atoms with Gasteiger partial charge in [-0.3, -0.25) is 4.79 Å². The van der Waals surface area contributed by atoms with Crippen LogP contribution in [0.15, 0.2) is 53.7 Å². The summed E-state index contributed by atoms with van der Waals surface area (Å²) in [7, 11) is 1.61. The van der Waals surface area contributed by atoms with Gasteiger partial charge in [-0.25, -0.2) is 0 Å². The number of amides is 1. The van der Waals surface area contributed by atoms with Gasteiger partial charge in [-0.15, -0.1) is 10.2 Å². The molecule has 10 heteroatoms. The van der Waals surface area contributed by atoms with Gasteiger partial charge in [-0.05, 0) is 42.3 Å². The quantitative estimate of drug-likeness (QED) is 0.430. The number of methoxy groups -OCH3 is 1. The second-order valence-electron chi connectivity index (χ2n) is 7.25. The van der Waals surface area contributed by atoms with Crippen LogP contribution < -0.4 is 14.8 Å². The first-order valence-electron chi connectivity index (χ1n) is 9.91. The number of para-hydroxylation sites is 2. The number of anilines is 1. The molecule has 0 aliphatic heterocycles. The Hall–Kier alpha value is -3.14. The van der Waals surface area contributed by atoms with Gasteiger partial charge in [0.25, 0.3) is 0 Å². The van der Waals surface area contributed by atoms with Crippen LogP contribution in [-0.4, -0.2) is 40.1 Å². The molecule has 3 aromatic rings. The van der Waals surface area contributed by atoms with Gasteiger partial charge in [0.2, 0.25) is 5.91 Å². The molecular weight excluding hydrogens is 438 g/mol. The Morgan fingerprint density at radius 1 is 1.12 bits per heavy atom. The van der Waals surface area contributed by atoms with Gasteiger partial charge in [-0.1, -0.05) is 37.7 Å². The van der Waals surface area contributed by atoms with Crippen molar-refractivity contribution in [3.8, 4) is 22.9 Å². The predicted octanol–water partition coefficient (Wildman–Crippen LogP) is 4.94. The lowest BCUT2D eigenvalue weighted by Gasteiger charge is -2.13. The molecule has 0 fully saturated rings. The fourth-order valence-corrected chi connectivity index (χ4v) is 3.71. The molecule has 170 valence electrons. The summed E-state index contributed by atoms with van der Waals surface area (Å²) >= 11 is 1.22. The molecule has 7 nitrogen and oxygen atoms in total. The third kappa shape index (κ3) is 6.19. The lowest BCUT2D eigenvalue weighted by Crippen LogP contribution is -2.16. The van der Waals surface area contributed by atoms with Gasteiger partial charge < -0.3 is 19.4 Å². The van der Waals surface area contributed by atoms with E-state index in [1.54, 1.807) is 19.2 Å². The number of carbonyl (C=O) groups is 1. The molecule has 2 aromatic carbocycles. The second-order valence-corrected chi connectivity index (χ2v) is 8.19. The van der Waals surface area contributed by atoms with E-state index in [9.17, 15) is 13.6 Å². The number of nitrogens with one attached hydrogen (secondary N) is 1. The van der Waals surface area contributed by atoms with Crippen molar-refractivity contribution in [2.75, 3.05) is 18.2 Å².